The number of nitrogens with one attached hydrogen (secondary N) is 1. The first-order chi connectivity index (χ1) is 10.2. The SMILES string of the molecule is CCC1CCCCN1Cc1ccccc1CNCC(C)C. The maximum absolute atomic E-state index is 3.59. The van der Waals surface area contributed by atoms with E-state index in [1.807, 2.05) is 0 Å². The standard InChI is InChI=1S/C19H32N2/c1-4-19-11-7-8-12-21(19)15-18-10-6-5-9-17(18)14-20-13-16(2)3/h5-6,9-10,16,19-20H,4,7-8,11-15H2,1-3H3. The van der Waals surface area contributed by atoms with Crippen molar-refractivity contribution in [2.75, 3.05) is 13.1 Å². The number of hydrogen-bond acceptors (Lipinski definition) is 2. The highest BCUT2D eigenvalue weighted by molar-refractivity contribution is 5.27. The zero-order valence-electron chi connectivity index (χ0n) is 14.1. The molecule has 1 aliphatic rings. The first kappa shape index (κ1) is 16.5. The maximum Gasteiger partial charge on any atom is 0.0239 e. The van der Waals surface area contributed by atoms with E-state index in [4.69, 9.17) is 0 Å². The monoisotopic (exact) mass is 288 g/mol. The minimum absolute atomic E-state index is 0.712. The largest absolute Gasteiger partial charge is 0.312 e. The normalized spacial score (nSPS) is 20.1. The Bertz CT molecular complexity index is 414. The zero-order valence-corrected chi connectivity index (χ0v) is 14.1. The van der Waals surface area contributed by atoms with Gasteiger partial charge in [0.2, 0.25) is 0 Å². The number of rotatable bonds is 7. The minimum Gasteiger partial charge on any atom is -0.312 e. The third-order valence-corrected chi connectivity index (χ3v) is 4.58. The fourth-order valence-corrected chi connectivity index (χ4v) is 3.33. The van der Waals surface area contributed by atoms with Gasteiger partial charge in [-0.25, -0.2) is 0 Å². The molecule has 0 radical (unpaired) electrons. The first-order valence-corrected chi connectivity index (χ1v) is 8.72. The molecule has 1 atom stereocenters. The van der Waals surface area contributed by atoms with Crippen molar-refractivity contribution in [1.29, 1.82) is 0 Å². The van der Waals surface area contributed by atoms with Gasteiger partial charge in [0.1, 0.15) is 0 Å². The Labute approximate surface area is 130 Å². The van der Waals surface area contributed by atoms with Gasteiger partial charge in [0.05, 0.1) is 0 Å². The molecule has 0 spiro atoms. The number of piperidine rings is 1. The van der Waals surface area contributed by atoms with Gasteiger partial charge in [0, 0.05) is 19.1 Å². The van der Waals surface area contributed by atoms with Crippen LogP contribution in [0.15, 0.2) is 24.3 Å². The predicted molar refractivity (Wildman–Crippen MR) is 91.3 cm³/mol. The lowest BCUT2D eigenvalue weighted by molar-refractivity contribution is 0.136. The van der Waals surface area contributed by atoms with E-state index in [0.29, 0.717) is 5.92 Å². The molecule has 1 fully saturated rings. The van der Waals surface area contributed by atoms with E-state index in [-0.39, 0.29) is 0 Å². The second kappa shape index (κ2) is 8.55. The fraction of sp³-hybridized carbons (Fsp3) is 0.684. The highest BCUT2D eigenvalue weighted by atomic mass is 15.2. The van der Waals surface area contributed by atoms with Crippen LogP contribution in [0.2, 0.25) is 0 Å². The predicted octanol–water partition coefficient (Wildman–Crippen LogP) is 4.20. The molecule has 0 saturated carbocycles. The van der Waals surface area contributed by atoms with E-state index in [0.717, 1.165) is 25.7 Å². The summed E-state index contributed by atoms with van der Waals surface area (Å²) in [5.74, 6) is 0.712. The first-order valence-electron chi connectivity index (χ1n) is 8.72. The lowest BCUT2D eigenvalue weighted by Crippen LogP contribution is -2.38. The van der Waals surface area contributed by atoms with Crippen LogP contribution in [0.5, 0.6) is 0 Å². The number of hydrogen-bond donors (Lipinski definition) is 1. The van der Waals surface area contributed by atoms with Crippen LogP contribution in [0, 0.1) is 5.92 Å². The smallest absolute Gasteiger partial charge is 0.0239 e. The van der Waals surface area contributed by atoms with E-state index in [1.54, 1.807) is 0 Å². The van der Waals surface area contributed by atoms with Crippen LogP contribution in [-0.4, -0.2) is 24.0 Å². The van der Waals surface area contributed by atoms with Gasteiger partial charge in [-0.15, -0.1) is 0 Å². The quantitative estimate of drug-likeness (QED) is 0.809. The van der Waals surface area contributed by atoms with E-state index in [1.165, 1.54) is 43.4 Å². The van der Waals surface area contributed by atoms with Crippen LogP contribution >= 0.6 is 0 Å². The van der Waals surface area contributed by atoms with Gasteiger partial charge in [-0.3, -0.25) is 4.90 Å². The van der Waals surface area contributed by atoms with Gasteiger partial charge in [0.15, 0.2) is 0 Å². The van der Waals surface area contributed by atoms with Crippen LogP contribution in [0.1, 0.15) is 57.6 Å². The molecule has 2 heteroatoms. The number of nitrogens with zero attached hydrogens (tertiary/aromatic N) is 1. The topological polar surface area (TPSA) is 15.3 Å². The van der Waals surface area contributed by atoms with E-state index < -0.39 is 0 Å². The van der Waals surface area contributed by atoms with Crippen molar-refractivity contribution in [3.8, 4) is 0 Å². The Morgan fingerprint density at radius 3 is 2.67 bits per heavy atom. The van der Waals surface area contributed by atoms with E-state index in [2.05, 4.69) is 55.3 Å². The highest BCUT2D eigenvalue weighted by Crippen LogP contribution is 2.23. The second-order valence-corrected chi connectivity index (χ2v) is 6.82. The molecule has 0 aromatic heterocycles. The van der Waals surface area contributed by atoms with Gasteiger partial charge in [0.25, 0.3) is 0 Å². The molecule has 0 bridgehead atoms. The summed E-state index contributed by atoms with van der Waals surface area (Å²) in [6.07, 6.45) is 5.44. The molecule has 2 nitrogen and oxygen atoms in total. The van der Waals surface area contributed by atoms with E-state index in [9.17, 15) is 0 Å². The van der Waals surface area contributed by atoms with Gasteiger partial charge in [-0.2, -0.15) is 0 Å². The summed E-state index contributed by atoms with van der Waals surface area (Å²) in [6.45, 7) is 11.3. The van der Waals surface area contributed by atoms with Gasteiger partial charge >= 0.3 is 0 Å². The molecule has 118 valence electrons. The van der Waals surface area contributed by atoms with Crippen molar-refractivity contribution in [1.82, 2.24) is 10.2 Å². The molecule has 0 amide bonds. The number of benzene rings is 1. The van der Waals surface area contributed by atoms with Gasteiger partial charge < -0.3 is 5.32 Å². The summed E-state index contributed by atoms with van der Waals surface area (Å²) >= 11 is 0. The average Bonchev–Trinajstić information content (AvgIpc) is 2.49. The molecule has 1 N–H and O–H groups in total. The van der Waals surface area contributed by atoms with Gasteiger partial charge in [-0.05, 0) is 49.4 Å². The summed E-state index contributed by atoms with van der Waals surface area (Å²) in [6, 6.07) is 9.74. The summed E-state index contributed by atoms with van der Waals surface area (Å²) in [4.78, 5) is 2.70. The zero-order chi connectivity index (χ0) is 15.1. The van der Waals surface area contributed by atoms with Crippen LogP contribution in [0.25, 0.3) is 0 Å². The molecule has 2 rings (SSSR count). The molecular weight excluding hydrogens is 256 g/mol. The Balaban J connectivity index is 1.98. The molecule has 21 heavy (non-hydrogen) atoms. The fourth-order valence-electron chi connectivity index (χ4n) is 3.33. The minimum atomic E-state index is 0.712. The maximum atomic E-state index is 3.59. The Hall–Kier alpha value is -0.860. The van der Waals surface area contributed by atoms with Crippen molar-refractivity contribution in [2.45, 2.75) is 65.6 Å². The Morgan fingerprint density at radius 2 is 1.95 bits per heavy atom. The molecule has 1 aliphatic heterocycles. The molecule has 0 aliphatic carbocycles. The lowest BCUT2D eigenvalue weighted by Gasteiger charge is -2.35. The van der Waals surface area contributed by atoms with Crippen molar-refractivity contribution < 1.29 is 0 Å². The summed E-state index contributed by atoms with van der Waals surface area (Å²) in [7, 11) is 0. The van der Waals surface area contributed by atoms with Crippen LogP contribution < -0.4 is 5.32 Å². The second-order valence-electron chi connectivity index (χ2n) is 6.82. The van der Waals surface area contributed by atoms with Crippen molar-refractivity contribution in [3.63, 3.8) is 0 Å². The summed E-state index contributed by atoms with van der Waals surface area (Å²) < 4.78 is 0. The summed E-state index contributed by atoms with van der Waals surface area (Å²) in [5.41, 5.74) is 2.98. The molecular formula is C19H32N2. The Morgan fingerprint density at radius 1 is 1.19 bits per heavy atom. The molecule has 1 aromatic rings. The van der Waals surface area contributed by atoms with Crippen molar-refractivity contribution >= 4 is 0 Å². The third kappa shape index (κ3) is 5.12. The Kier molecular flexibility index (Phi) is 6.72. The number of likely N-dealkylation sites (tertiary alicyclic amines) is 1. The highest BCUT2D eigenvalue weighted by Gasteiger charge is 2.21. The summed E-state index contributed by atoms with van der Waals surface area (Å²) in [5, 5.41) is 3.59. The van der Waals surface area contributed by atoms with Crippen LogP contribution in [-0.2, 0) is 13.1 Å². The van der Waals surface area contributed by atoms with Crippen molar-refractivity contribution in [2.24, 2.45) is 5.92 Å². The van der Waals surface area contributed by atoms with Crippen molar-refractivity contribution in [3.05, 3.63) is 35.4 Å². The lowest BCUT2D eigenvalue weighted by atomic mass is 9.98. The molecule has 1 saturated heterocycles. The van der Waals surface area contributed by atoms with Gasteiger partial charge in [-0.1, -0.05) is 51.5 Å². The molecule has 1 unspecified atom stereocenters. The third-order valence-electron chi connectivity index (χ3n) is 4.58. The molecule has 1 aromatic carbocycles. The van der Waals surface area contributed by atoms with E-state index >= 15 is 0 Å². The molecule has 1 heterocycles. The average molecular weight is 288 g/mol. The van der Waals surface area contributed by atoms with Crippen LogP contribution in [0.3, 0.4) is 0 Å². The van der Waals surface area contributed by atoms with Crippen LogP contribution in [0.4, 0.5) is 0 Å².